The van der Waals surface area contributed by atoms with Crippen molar-refractivity contribution in [2.24, 2.45) is 0 Å². The predicted octanol–water partition coefficient (Wildman–Crippen LogP) is 0.956. The van der Waals surface area contributed by atoms with Crippen molar-refractivity contribution >= 4 is 11.9 Å². The van der Waals surface area contributed by atoms with Crippen LogP contribution < -0.4 is 5.32 Å². The maximum atomic E-state index is 12.5. The quantitative estimate of drug-likeness (QED) is 0.765. The molecule has 0 saturated carbocycles. The second-order valence-corrected chi connectivity index (χ2v) is 6.84. The first-order valence-corrected chi connectivity index (χ1v) is 9.04. The minimum absolute atomic E-state index is 0.121. The lowest BCUT2D eigenvalue weighted by Gasteiger charge is -2.28. The van der Waals surface area contributed by atoms with Gasteiger partial charge in [-0.1, -0.05) is 0 Å². The SMILES string of the molecule is O=C(O)c1ccnc(CNCC(=O)N2CCCC2CN2CCCC2)c1. The number of hydrogen-bond donors (Lipinski definition) is 2. The standard InChI is InChI=1S/C18H26N4O3/c23-17(12-19-11-15-10-14(18(24)25)5-6-20-15)22-9-3-4-16(22)13-21-7-1-2-8-21/h5-6,10,16,19H,1-4,7-9,11-13H2,(H,24,25). The Bertz CT molecular complexity index is 616. The van der Waals surface area contributed by atoms with Gasteiger partial charge in [0.25, 0.3) is 0 Å². The highest BCUT2D eigenvalue weighted by Gasteiger charge is 2.30. The van der Waals surface area contributed by atoms with Crippen molar-refractivity contribution < 1.29 is 14.7 Å². The summed E-state index contributed by atoms with van der Waals surface area (Å²) in [6.45, 7) is 4.79. The lowest BCUT2D eigenvalue weighted by Crippen LogP contribution is -2.45. The number of aromatic nitrogens is 1. The molecule has 2 aliphatic heterocycles. The predicted molar refractivity (Wildman–Crippen MR) is 93.3 cm³/mol. The summed E-state index contributed by atoms with van der Waals surface area (Å²) in [5.74, 6) is -0.849. The van der Waals surface area contributed by atoms with Crippen LogP contribution in [0.1, 0.15) is 41.7 Å². The molecule has 0 aliphatic carbocycles. The number of carboxylic acids is 1. The molecule has 3 rings (SSSR count). The molecule has 7 nitrogen and oxygen atoms in total. The molecular weight excluding hydrogens is 320 g/mol. The van der Waals surface area contributed by atoms with Crippen LogP contribution in [0.2, 0.25) is 0 Å². The number of carboxylic acid groups (broad SMARTS) is 1. The third-order valence-corrected chi connectivity index (χ3v) is 5.01. The van der Waals surface area contributed by atoms with Gasteiger partial charge in [0.05, 0.1) is 17.8 Å². The number of nitrogens with zero attached hydrogens (tertiary/aromatic N) is 3. The number of carbonyl (C=O) groups is 2. The molecule has 1 aromatic rings. The zero-order valence-electron chi connectivity index (χ0n) is 14.5. The van der Waals surface area contributed by atoms with Gasteiger partial charge in [-0.15, -0.1) is 0 Å². The van der Waals surface area contributed by atoms with Gasteiger partial charge in [-0.05, 0) is 50.9 Å². The number of carbonyl (C=O) groups excluding carboxylic acids is 1. The number of pyridine rings is 1. The maximum Gasteiger partial charge on any atom is 0.335 e. The molecule has 0 aromatic carbocycles. The number of hydrogen-bond acceptors (Lipinski definition) is 5. The van der Waals surface area contributed by atoms with E-state index in [1.54, 1.807) is 0 Å². The summed E-state index contributed by atoms with van der Waals surface area (Å²) in [6, 6.07) is 3.33. The van der Waals surface area contributed by atoms with E-state index in [4.69, 9.17) is 5.11 Å². The van der Waals surface area contributed by atoms with Crippen molar-refractivity contribution in [3.63, 3.8) is 0 Å². The molecule has 7 heteroatoms. The zero-order valence-corrected chi connectivity index (χ0v) is 14.5. The lowest BCUT2D eigenvalue weighted by molar-refractivity contribution is -0.131. The molecule has 2 saturated heterocycles. The molecule has 1 atom stereocenters. The molecule has 1 aromatic heterocycles. The number of amides is 1. The summed E-state index contributed by atoms with van der Waals surface area (Å²) < 4.78 is 0. The molecule has 1 amide bonds. The van der Waals surface area contributed by atoms with E-state index < -0.39 is 5.97 Å². The van der Waals surface area contributed by atoms with Gasteiger partial charge >= 0.3 is 5.97 Å². The monoisotopic (exact) mass is 346 g/mol. The fourth-order valence-electron chi connectivity index (χ4n) is 3.72. The Labute approximate surface area is 148 Å². The second kappa shape index (κ2) is 8.40. The van der Waals surface area contributed by atoms with Crippen molar-refractivity contribution in [3.8, 4) is 0 Å². The maximum absolute atomic E-state index is 12.5. The Balaban J connectivity index is 1.46. The average Bonchev–Trinajstić information content (AvgIpc) is 3.27. The van der Waals surface area contributed by atoms with Crippen LogP contribution in [-0.4, -0.2) is 70.5 Å². The van der Waals surface area contributed by atoms with E-state index in [1.165, 1.54) is 31.2 Å². The summed E-state index contributed by atoms with van der Waals surface area (Å²) >= 11 is 0. The highest BCUT2D eigenvalue weighted by atomic mass is 16.4. The molecular formula is C18H26N4O3. The van der Waals surface area contributed by atoms with Crippen LogP contribution >= 0.6 is 0 Å². The third-order valence-electron chi connectivity index (χ3n) is 5.01. The van der Waals surface area contributed by atoms with Crippen molar-refractivity contribution in [2.75, 3.05) is 32.7 Å². The Hall–Kier alpha value is -1.99. The zero-order chi connectivity index (χ0) is 17.6. The topological polar surface area (TPSA) is 85.8 Å². The molecule has 2 fully saturated rings. The normalized spacial score (nSPS) is 21.0. The van der Waals surface area contributed by atoms with Gasteiger partial charge in [0.15, 0.2) is 0 Å². The number of nitrogens with one attached hydrogen (secondary N) is 1. The van der Waals surface area contributed by atoms with Crippen molar-refractivity contribution in [1.29, 1.82) is 0 Å². The van der Waals surface area contributed by atoms with Crippen LogP contribution in [0.25, 0.3) is 0 Å². The van der Waals surface area contributed by atoms with Crippen molar-refractivity contribution in [1.82, 2.24) is 20.1 Å². The van der Waals surface area contributed by atoms with Gasteiger partial charge in [-0.25, -0.2) is 4.79 Å². The Morgan fingerprint density at radius 1 is 1.24 bits per heavy atom. The van der Waals surface area contributed by atoms with Gasteiger partial charge in [0, 0.05) is 31.9 Å². The van der Waals surface area contributed by atoms with E-state index in [-0.39, 0.29) is 18.0 Å². The van der Waals surface area contributed by atoms with Gasteiger partial charge in [-0.3, -0.25) is 9.78 Å². The lowest BCUT2D eigenvalue weighted by atomic mass is 10.2. The average molecular weight is 346 g/mol. The summed E-state index contributed by atoms with van der Waals surface area (Å²) in [7, 11) is 0. The minimum atomic E-state index is -0.971. The van der Waals surface area contributed by atoms with Crippen LogP contribution in [0.3, 0.4) is 0 Å². The van der Waals surface area contributed by atoms with Crippen LogP contribution in [0, 0.1) is 0 Å². The van der Waals surface area contributed by atoms with E-state index >= 15 is 0 Å². The molecule has 25 heavy (non-hydrogen) atoms. The van der Waals surface area contributed by atoms with Gasteiger partial charge in [0.1, 0.15) is 0 Å². The van der Waals surface area contributed by atoms with Crippen molar-refractivity contribution in [3.05, 3.63) is 29.6 Å². The van der Waals surface area contributed by atoms with E-state index in [0.29, 0.717) is 18.3 Å². The Morgan fingerprint density at radius 3 is 2.80 bits per heavy atom. The summed E-state index contributed by atoms with van der Waals surface area (Å²) in [5, 5.41) is 12.1. The van der Waals surface area contributed by atoms with Gasteiger partial charge in [-0.2, -0.15) is 0 Å². The molecule has 0 radical (unpaired) electrons. The first kappa shape index (κ1) is 17.8. The van der Waals surface area contributed by atoms with E-state index in [9.17, 15) is 9.59 Å². The fraction of sp³-hybridized carbons (Fsp3) is 0.611. The molecule has 3 heterocycles. The number of aromatic carboxylic acids is 1. The Morgan fingerprint density at radius 2 is 2.04 bits per heavy atom. The fourth-order valence-corrected chi connectivity index (χ4v) is 3.72. The van der Waals surface area contributed by atoms with Gasteiger partial charge in [0.2, 0.25) is 5.91 Å². The Kier molecular flexibility index (Phi) is 5.99. The molecule has 136 valence electrons. The summed E-state index contributed by atoms with van der Waals surface area (Å²) in [6.07, 6.45) is 6.18. The highest BCUT2D eigenvalue weighted by molar-refractivity contribution is 5.87. The van der Waals surface area contributed by atoms with E-state index in [2.05, 4.69) is 15.2 Å². The summed E-state index contributed by atoms with van der Waals surface area (Å²) in [4.78, 5) is 32.1. The number of likely N-dealkylation sites (tertiary alicyclic amines) is 2. The molecule has 1 unspecified atom stereocenters. The third kappa shape index (κ3) is 4.76. The van der Waals surface area contributed by atoms with Crippen LogP contribution in [0.15, 0.2) is 18.3 Å². The minimum Gasteiger partial charge on any atom is -0.478 e. The highest BCUT2D eigenvalue weighted by Crippen LogP contribution is 2.20. The van der Waals surface area contributed by atoms with Crippen LogP contribution in [-0.2, 0) is 11.3 Å². The van der Waals surface area contributed by atoms with Gasteiger partial charge < -0.3 is 20.2 Å². The molecule has 0 bridgehead atoms. The first-order valence-electron chi connectivity index (χ1n) is 9.04. The first-order chi connectivity index (χ1) is 12.1. The number of rotatable bonds is 7. The van der Waals surface area contributed by atoms with E-state index in [1.807, 2.05) is 4.90 Å². The summed E-state index contributed by atoms with van der Waals surface area (Å²) in [5.41, 5.74) is 0.839. The van der Waals surface area contributed by atoms with Crippen LogP contribution in [0.4, 0.5) is 0 Å². The largest absolute Gasteiger partial charge is 0.478 e. The van der Waals surface area contributed by atoms with Crippen molar-refractivity contribution in [2.45, 2.75) is 38.3 Å². The molecule has 2 N–H and O–H groups in total. The molecule has 2 aliphatic rings. The second-order valence-electron chi connectivity index (χ2n) is 6.84. The smallest absolute Gasteiger partial charge is 0.335 e. The van der Waals surface area contributed by atoms with Crippen LogP contribution in [0.5, 0.6) is 0 Å². The molecule has 0 spiro atoms. The van der Waals surface area contributed by atoms with E-state index in [0.717, 1.165) is 39.0 Å².